The normalized spacial score (nSPS) is 15.6. The zero-order valence-electron chi connectivity index (χ0n) is 18.3. The van der Waals surface area contributed by atoms with Crippen LogP contribution in [0.3, 0.4) is 0 Å². The van der Waals surface area contributed by atoms with E-state index in [-0.39, 0.29) is 16.4 Å². The first-order valence-corrected chi connectivity index (χ1v) is 12.1. The second kappa shape index (κ2) is 9.27. The fourth-order valence-electron chi connectivity index (χ4n) is 4.01. The highest BCUT2D eigenvalue weighted by molar-refractivity contribution is 9.10. The van der Waals surface area contributed by atoms with E-state index in [0.29, 0.717) is 27.8 Å². The van der Waals surface area contributed by atoms with Gasteiger partial charge < -0.3 is 10.1 Å². The van der Waals surface area contributed by atoms with E-state index in [1.54, 1.807) is 17.4 Å². The summed E-state index contributed by atoms with van der Waals surface area (Å²) in [5.74, 6) is 0.712. The Kier molecular flexibility index (Phi) is 7.09. The van der Waals surface area contributed by atoms with Crippen molar-refractivity contribution < 1.29 is 9.53 Å². The molecular formula is C23H26BrN3O2S2. The molecule has 2 aromatic rings. The van der Waals surface area contributed by atoms with Gasteiger partial charge in [0.25, 0.3) is 5.91 Å². The number of hydrogen-bond acceptors (Lipinski definition) is 5. The largest absolute Gasteiger partial charge is 0.496 e. The van der Waals surface area contributed by atoms with Crippen molar-refractivity contribution >= 4 is 55.5 Å². The number of hydrogen-bond donors (Lipinski definition) is 2. The zero-order chi connectivity index (χ0) is 22.9. The van der Waals surface area contributed by atoms with Gasteiger partial charge in [0, 0.05) is 9.35 Å². The van der Waals surface area contributed by atoms with Crippen LogP contribution in [0.15, 0.2) is 16.6 Å². The van der Waals surface area contributed by atoms with Crippen molar-refractivity contribution in [2.45, 2.75) is 47.0 Å². The van der Waals surface area contributed by atoms with Crippen LogP contribution in [0.4, 0.5) is 5.00 Å². The fraction of sp³-hybridized carbons (Fsp3) is 0.435. The lowest BCUT2D eigenvalue weighted by molar-refractivity contribution is 0.0974. The first-order valence-electron chi connectivity index (χ1n) is 10.1. The maximum atomic E-state index is 12.8. The molecule has 1 amide bonds. The molecule has 1 aliphatic carbocycles. The third kappa shape index (κ3) is 5.11. The van der Waals surface area contributed by atoms with Gasteiger partial charge in [-0.15, -0.1) is 11.3 Å². The van der Waals surface area contributed by atoms with Crippen molar-refractivity contribution in [2.24, 2.45) is 11.3 Å². The number of nitrogens with zero attached hydrogens (tertiary/aromatic N) is 1. The molecule has 1 heterocycles. The molecule has 8 heteroatoms. The summed E-state index contributed by atoms with van der Waals surface area (Å²) in [7, 11) is 1.53. The number of benzene rings is 1. The van der Waals surface area contributed by atoms with Crippen LogP contribution in [-0.2, 0) is 12.8 Å². The number of amides is 1. The third-order valence-corrected chi connectivity index (χ3v) is 7.58. The van der Waals surface area contributed by atoms with Gasteiger partial charge in [-0.25, -0.2) is 0 Å². The summed E-state index contributed by atoms with van der Waals surface area (Å²) in [4.78, 5) is 14.1. The van der Waals surface area contributed by atoms with E-state index < -0.39 is 0 Å². The van der Waals surface area contributed by atoms with Gasteiger partial charge in [-0.1, -0.05) is 36.7 Å². The van der Waals surface area contributed by atoms with E-state index >= 15 is 0 Å². The second-order valence-electron chi connectivity index (χ2n) is 8.84. The lowest BCUT2D eigenvalue weighted by atomic mass is 9.72. The molecule has 0 saturated carbocycles. The number of anilines is 1. The molecule has 1 aromatic heterocycles. The molecule has 2 N–H and O–H groups in total. The van der Waals surface area contributed by atoms with Gasteiger partial charge in [0.1, 0.15) is 16.8 Å². The predicted octanol–water partition coefficient (Wildman–Crippen LogP) is 5.98. The average molecular weight is 521 g/mol. The smallest absolute Gasteiger partial charge is 0.261 e. The molecule has 0 aliphatic heterocycles. The molecule has 0 fully saturated rings. The SMILES string of the molecule is COc1c(C)cc(Br)cc1C(=O)NC(=S)Nc1sc2c(c1C#N)CC[C@H](C(C)(C)C)C2. The Labute approximate surface area is 201 Å². The molecule has 1 atom stereocenters. The van der Waals surface area contributed by atoms with E-state index in [9.17, 15) is 10.1 Å². The molecule has 5 nitrogen and oxygen atoms in total. The van der Waals surface area contributed by atoms with Gasteiger partial charge >= 0.3 is 0 Å². The van der Waals surface area contributed by atoms with Gasteiger partial charge in [0.2, 0.25) is 0 Å². The Hall–Kier alpha value is -1.95. The number of nitrogens with one attached hydrogen (secondary N) is 2. The molecule has 0 saturated heterocycles. The predicted molar refractivity (Wildman–Crippen MR) is 133 cm³/mol. The van der Waals surface area contributed by atoms with E-state index in [4.69, 9.17) is 17.0 Å². The van der Waals surface area contributed by atoms with Crippen molar-refractivity contribution in [3.05, 3.63) is 43.7 Å². The van der Waals surface area contributed by atoms with Crippen molar-refractivity contribution in [1.29, 1.82) is 5.26 Å². The van der Waals surface area contributed by atoms with Crippen molar-refractivity contribution in [1.82, 2.24) is 5.32 Å². The van der Waals surface area contributed by atoms with Crippen LogP contribution in [0.25, 0.3) is 0 Å². The van der Waals surface area contributed by atoms with Gasteiger partial charge in [0.05, 0.1) is 18.2 Å². The van der Waals surface area contributed by atoms with Crippen LogP contribution < -0.4 is 15.4 Å². The minimum Gasteiger partial charge on any atom is -0.496 e. The number of thiocarbonyl (C=S) groups is 1. The minimum absolute atomic E-state index is 0.159. The van der Waals surface area contributed by atoms with Crippen molar-refractivity contribution in [3.63, 3.8) is 0 Å². The van der Waals surface area contributed by atoms with E-state index in [1.807, 2.05) is 13.0 Å². The number of fused-ring (bicyclic) bond motifs is 1. The topological polar surface area (TPSA) is 74.2 Å². The number of aryl methyl sites for hydroxylation is 1. The molecular weight excluding hydrogens is 494 g/mol. The number of nitriles is 1. The highest BCUT2D eigenvalue weighted by Gasteiger charge is 2.32. The number of ether oxygens (including phenoxy) is 1. The maximum Gasteiger partial charge on any atom is 0.261 e. The van der Waals surface area contributed by atoms with Gasteiger partial charge in [-0.05, 0) is 73.0 Å². The molecule has 31 heavy (non-hydrogen) atoms. The Bertz CT molecular complexity index is 1080. The van der Waals surface area contributed by atoms with Gasteiger partial charge in [0.15, 0.2) is 5.11 Å². The Morgan fingerprint density at radius 3 is 2.71 bits per heavy atom. The summed E-state index contributed by atoms with van der Waals surface area (Å²) >= 11 is 10.4. The molecule has 0 bridgehead atoms. The molecule has 0 unspecified atom stereocenters. The van der Waals surface area contributed by atoms with Crippen LogP contribution in [0.5, 0.6) is 5.75 Å². The van der Waals surface area contributed by atoms with E-state index in [2.05, 4.69) is 53.4 Å². The van der Waals surface area contributed by atoms with Crippen LogP contribution in [0.1, 0.15) is 59.1 Å². The fourth-order valence-corrected chi connectivity index (χ4v) is 6.12. The third-order valence-electron chi connectivity index (χ3n) is 5.74. The number of rotatable bonds is 3. The molecule has 1 aromatic carbocycles. The second-order valence-corrected chi connectivity index (χ2v) is 11.3. The first kappa shape index (κ1) is 23.7. The number of carbonyl (C=O) groups excluding carboxylic acids is 1. The Morgan fingerprint density at radius 2 is 2.10 bits per heavy atom. The summed E-state index contributed by atoms with van der Waals surface area (Å²) in [6, 6.07) is 5.91. The highest BCUT2D eigenvalue weighted by atomic mass is 79.9. The summed E-state index contributed by atoms with van der Waals surface area (Å²) in [5, 5.41) is 16.4. The molecule has 0 radical (unpaired) electrons. The van der Waals surface area contributed by atoms with Gasteiger partial charge in [-0.3, -0.25) is 10.1 Å². The molecule has 164 valence electrons. The number of carbonyl (C=O) groups is 1. The number of thiophene rings is 1. The standard InChI is InChI=1S/C23H26BrN3O2S2/c1-12-8-14(24)10-16(19(12)29-5)20(28)26-22(30)27-21-17(11-25)15-7-6-13(23(2,3)4)9-18(15)31-21/h8,10,13H,6-7,9H2,1-5H3,(H2,26,27,28,30)/t13-/m0/s1. The van der Waals surface area contributed by atoms with Crippen LogP contribution in [0, 0.1) is 29.6 Å². The summed E-state index contributed by atoms with van der Waals surface area (Å²) < 4.78 is 6.17. The summed E-state index contributed by atoms with van der Waals surface area (Å²) in [5.41, 5.74) is 3.21. The number of methoxy groups -OCH3 is 1. The van der Waals surface area contributed by atoms with Crippen LogP contribution >= 0.6 is 39.5 Å². The van der Waals surface area contributed by atoms with Crippen molar-refractivity contribution in [2.75, 3.05) is 12.4 Å². The molecule has 1 aliphatic rings. The maximum absolute atomic E-state index is 12.8. The lowest BCUT2D eigenvalue weighted by Crippen LogP contribution is -2.34. The monoisotopic (exact) mass is 519 g/mol. The van der Waals surface area contributed by atoms with E-state index in [0.717, 1.165) is 34.9 Å². The van der Waals surface area contributed by atoms with Gasteiger partial charge in [-0.2, -0.15) is 5.26 Å². The Balaban J connectivity index is 1.79. The minimum atomic E-state index is -0.369. The number of halogens is 1. The highest BCUT2D eigenvalue weighted by Crippen LogP contribution is 2.44. The van der Waals surface area contributed by atoms with Crippen LogP contribution in [0.2, 0.25) is 0 Å². The quantitative estimate of drug-likeness (QED) is 0.488. The summed E-state index contributed by atoms with van der Waals surface area (Å²) in [6.07, 6.45) is 2.93. The summed E-state index contributed by atoms with van der Waals surface area (Å²) in [6.45, 7) is 8.67. The molecule has 0 spiro atoms. The average Bonchev–Trinajstić information content (AvgIpc) is 3.02. The Morgan fingerprint density at radius 1 is 1.39 bits per heavy atom. The lowest BCUT2D eigenvalue weighted by Gasteiger charge is -2.33. The zero-order valence-corrected chi connectivity index (χ0v) is 21.5. The van der Waals surface area contributed by atoms with Crippen LogP contribution in [-0.4, -0.2) is 18.1 Å². The molecule has 3 rings (SSSR count). The van der Waals surface area contributed by atoms with E-state index in [1.165, 1.54) is 12.0 Å². The first-order chi connectivity index (χ1) is 14.5. The van der Waals surface area contributed by atoms with Crippen molar-refractivity contribution in [3.8, 4) is 11.8 Å².